The van der Waals surface area contributed by atoms with E-state index >= 15 is 0 Å². The second-order valence-electron chi connectivity index (χ2n) is 2.05. The Balaban J connectivity index is 2.97. The number of rotatable bonds is 3. The SMILES string of the molecule is O=C=Nc1ccccc1OC(Cl)Cl. The molecule has 0 radical (unpaired) electrons. The Labute approximate surface area is 84.9 Å². The number of carbonyl (C=O) groups excluding carboxylic acids is 1. The first-order valence-corrected chi connectivity index (χ1v) is 4.23. The number of para-hydroxylation sites is 2. The van der Waals surface area contributed by atoms with Gasteiger partial charge in [0, 0.05) is 0 Å². The summed E-state index contributed by atoms with van der Waals surface area (Å²) in [6, 6.07) is 6.63. The van der Waals surface area contributed by atoms with Crippen LogP contribution in [0.1, 0.15) is 0 Å². The minimum absolute atomic E-state index is 0.348. The molecule has 68 valence electrons. The van der Waals surface area contributed by atoms with Gasteiger partial charge in [-0.3, -0.25) is 0 Å². The predicted octanol–water partition coefficient (Wildman–Crippen LogP) is 2.79. The summed E-state index contributed by atoms with van der Waals surface area (Å²) in [5.74, 6) is 0.348. The van der Waals surface area contributed by atoms with E-state index < -0.39 is 5.02 Å². The number of nitrogens with zero attached hydrogens (tertiary/aromatic N) is 1. The molecular formula is C8H5Cl2NO2. The van der Waals surface area contributed by atoms with E-state index in [1.165, 1.54) is 6.08 Å². The first kappa shape index (κ1) is 10.1. The third-order valence-corrected chi connectivity index (χ3v) is 1.43. The van der Waals surface area contributed by atoms with Gasteiger partial charge in [0.1, 0.15) is 11.4 Å². The summed E-state index contributed by atoms with van der Waals surface area (Å²) in [4.78, 5) is 13.4. The van der Waals surface area contributed by atoms with Crippen LogP contribution in [-0.2, 0) is 4.79 Å². The number of halogens is 2. The Hall–Kier alpha value is -1.02. The highest BCUT2D eigenvalue weighted by Gasteiger charge is 2.05. The smallest absolute Gasteiger partial charge is 0.247 e. The number of benzene rings is 1. The largest absolute Gasteiger partial charge is 0.458 e. The molecule has 0 aromatic heterocycles. The van der Waals surface area contributed by atoms with E-state index in [-0.39, 0.29) is 0 Å². The van der Waals surface area contributed by atoms with Gasteiger partial charge in [-0.15, -0.1) is 0 Å². The van der Waals surface area contributed by atoms with Crippen LogP contribution in [0.15, 0.2) is 29.3 Å². The van der Waals surface area contributed by atoms with Crippen LogP contribution in [0, 0.1) is 0 Å². The average molecular weight is 218 g/mol. The average Bonchev–Trinajstić information content (AvgIpc) is 2.08. The maximum atomic E-state index is 10.00. The Bertz CT molecular complexity index is 335. The quantitative estimate of drug-likeness (QED) is 0.444. The Morgan fingerprint density at radius 2 is 2.08 bits per heavy atom. The van der Waals surface area contributed by atoms with Crippen molar-refractivity contribution < 1.29 is 9.53 Å². The van der Waals surface area contributed by atoms with Crippen LogP contribution in [0.2, 0.25) is 0 Å². The van der Waals surface area contributed by atoms with Crippen molar-refractivity contribution in [2.24, 2.45) is 4.99 Å². The van der Waals surface area contributed by atoms with Crippen LogP contribution in [0.5, 0.6) is 5.75 Å². The lowest BCUT2D eigenvalue weighted by atomic mass is 10.3. The second kappa shape index (κ2) is 4.87. The third-order valence-electron chi connectivity index (χ3n) is 1.25. The molecule has 0 amide bonds. The van der Waals surface area contributed by atoms with Gasteiger partial charge in [0.2, 0.25) is 11.1 Å². The maximum absolute atomic E-state index is 10.00. The fourth-order valence-electron chi connectivity index (χ4n) is 0.794. The van der Waals surface area contributed by atoms with Crippen LogP contribution < -0.4 is 4.74 Å². The summed E-state index contributed by atoms with van der Waals surface area (Å²) in [5.41, 5.74) is 0.351. The van der Waals surface area contributed by atoms with Crippen molar-refractivity contribution in [3.63, 3.8) is 0 Å². The molecule has 1 aromatic rings. The lowest BCUT2D eigenvalue weighted by Crippen LogP contribution is -1.98. The number of hydrogen-bond donors (Lipinski definition) is 0. The molecule has 0 spiro atoms. The first-order chi connectivity index (χ1) is 6.24. The lowest BCUT2D eigenvalue weighted by molar-refractivity contribution is 0.355. The van der Waals surface area contributed by atoms with Crippen molar-refractivity contribution in [2.75, 3.05) is 0 Å². The molecule has 0 saturated heterocycles. The number of isocyanates is 1. The van der Waals surface area contributed by atoms with Crippen LogP contribution in [0.3, 0.4) is 0 Å². The summed E-state index contributed by atoms with van der Waals surface area (Å²) in [6.45, 7) is 0. The minimum Gasteiger partial charge on any atom is -0.458 e. The number of alkyl halides is 2. The molecule has 0 N–H and O–H groups in total. The van der Waals surface area contributed by atoms with Crippen LogP contribution in [0.25, 0.3) is 0 Å². The van der Waals surface area contributed by atoms with Gasteiger partial charge in [-0.2, -0.15) is 4.99 Å². The van der Waals surface area contributed by atoms with Gasteiger partial charge < -0.3 is 4.74 Å². The van der Waals surface area contributed by atoms with E-state index in [0.29, 0.717) is 11.4 Å². The molecule has 0 aliphatic heterocycles. The first-order valence-electron chi connectivity index (χ1n) is 3.35. The highest BCUT2D eigenvalue weighted by molar-refractivity contribution is 6.43. The van der Waals surface area contributed by atoms with Crippen molar-refractivity contribution >= 4 is 35.0 Å². The molecule has 1 aromatic carbocycles. The van der Waals surface area contributed by atoms with Gasteiger partial charge in [0.25, 0.3) is 0 Å². The van der Waals surface area contributed by atoms with Crippen molar-refractivity contribution in [3.05, 3.63) is 24.3 Å². The molecule has 3 nitrogen and oxygen atoms in total. The zero-order valence-electron chi connectivity index (χ0n) is 6.41. The monoisotopic (exact) mass is 217 g/mol. The van der Waals surface area contributed by atoms with Gasteiger partial charge in [0.15, 0.2) is 0 Å². The molecule has 0 bridgehead atoms. The molecule has 0 aliphatic rings. The van der Waals surface area contributed by atoms with E-state index in [2.05, 4.69) is 4.99 Å². The zero-order chi connectivity index (χ0) is 9.68. The van der Waals surface area contributed by atoms with E-state index in [4.69, 9.17) is 27.9 Å². The van der Waals surface area contributed by atoms with Gasteiger partial charge in [-0.25, -0.2) is 4.79 Å². The molecular weight excluding hydrogens is 213 g/mol. The molecule has 0 fully saturated rings. The molecule has 5 heteroatoms. The fourth-order valence-corrected chi connectivity index (χ4v) is 0.986. The standard InChI is InChI=1S/C8H5Cl2NO2/c9-8(10)13-7-4-2-1-3-6(7)11-5-12/h1-4,8H. The van der Waals surface area contributed by atoms with Gasteiger partial charge in [0.05, 0.1) is 0 Å². The van der Waals surface area contributed by atoms with Gasteiger partial charge in [-0.1, -0.05) is 35.3 Å². The fraction of sp³-hybridized carbons (Fsp3) is 0.125. The number of ether oxygens (including phenoxy) is 1. The van der Waals surface area contributed by atoms with Gasteiger partial charge >= 0.3 is 0 Å². The topological polar surface area (TPSA) is 38.7 Å². The Kier molecular flexibility index (Phi) is 3.77. The summed E-state index contributed by atoms with van der Waals surface area (Å²) in [6.07, 6.45) is 1.41. The molecule has 13 heavy (non-hydrogen) atoms. The van der Waals surface area contributed by atoms with Crippen LogP contribution in [0.4, 0.5) is 5.69 Å². The minimum atomic E-state index is -0.983. The molecule has 0 heterocycles. The molecule has 0 aliphatic carbocycles. The van der Waals surface area contributed by atoms with Gasteiger partial charge in [-0.05, 0) is 12.1 Å². The van der Waals surface area contributed by atoms with Crippen molar-refractivity contribution in [2.45, 2.75) is 5.02 Å². The van der Waals surface area contributed by atoms with E-state index in [1.807, 2.05) is 0 Å². The second-order valence-corrected chi connectivity index (χ2v) is 3.07. The van der Waals surface area contributed by atoms with Crippen LogP contribution >= 0.6 is 23.2 Å². The number of hydrogen-bond acceptors (Lipinski definition) is 3. The molecule has 0 unspecified atom stereocenters. The summed E-state index contributed by atoms with van der Waals surface area (Å²) < 4.78 is 4.96. The maximum Gasteiger partial charge on any atom is 0.247 e. The highest BCUT2D eigenvalue weighted by Crippen LogP contribution is 2.28. The molecule has 1 rings (SSSR count). The predicted molar refractivity (Wildman–Crippen MR) is 50.3 cm³/mol. The lowest BCUT2D eigenvalue weighted by Gasteiger charge is -2.06. The third kappa shape index (κ3) is 3.07. The number of aliphatic imine (C=N–C) groups is 1. The van der Waals surface area contributed by atoms with Crippen molar-refractivity contribution in [1.29, 1.82) is 0 Å². The van der Waals surface area contributed by atoms with E-state index in [9.17, 15) is 4.79 Å². The highest BCUT2D eigenvalue weighted by atomic mass is 35.5. The van der Waals surface area contributed by atoms with Crippen molar-refractivity contribution in [1.82, 2.24) is 0 Å². The molecule has 0 atom stereocenters. The van der Waals surface area contributed by atoms with E-state index in [0.717, 1.165) is 0 Å². The summed E-state index contributed by atoms with van der Waals surface area (Å²) in [7, 11) is 0. The van der Waals surface area contributed by atoms with Crippen LogP contribution in [-0.4, -0.2) is 11.1 Å². The summed E-state index contributed by atoms with van der Waals surface area (Å²) >= 11 is 10.8. The molecule has 0 saturated carbocycles. The Morgan fingerprint density at radius 3 is 2.69 bits per heavy atom. The Morgan fingerprint density at radius 1 is 1.38 bits per heavy atom. The zero-order valence-corrected chi connectivity index (χ0v) is 7.92. The summed E-state index contributed by atoms with van der Waals surface area (Å²) in [5, 5.41) is -0.983. The van der Waals surface area contributed by atoms with E-state index in [1.54, 1.807) is 24.3 Å². The normalized spacial score (nSPS) is 9.46. The van der Waals surface area contributed by atoms with Crippen molar-refractivity contribution in [3.8, 4) is 5.75 Å².